The van der Waals surface area contributed by atoms with Crippen molar-refractivity contribution in [1.82, 2.24) is 10.3 Å². The van der Waals surface area contributed by atoms with Crippen molar-refractivity contribution in [2.45, 2.75) is 30.9 Å². The summed E-state index contributed by atoms with van der Waals surface area (Å²) < 4.78 is 5.51. The molecule has 0 fully saturated rings. The van der Waals surface area contributed by atoms with E-state index in [2.05, 4.69) is 10.3 Å². The van der Waals surface area contributed by atoms with Gasteiger partial charge in [0, 0.05) is 22.7 Å². The summed E-state index contributed by atoms with van der Waals surface area (Å²) in [5, 5.41) is 3.29. The third-order valence-electron chi connectivity index (χ3n) is 2.82. The molecule has 20 heavy (non-hydrogen) atoms. The zero-order chi connectivity index (χ0) is 14.7. The molecule has 2 aromatic rings. The smallest absolute Gasteiger partial charge is 0.261 e. The number of hydrogen-bond donors (Lipinski definition) is 2. The van der Waals surface area contributed by atoms with Crippen LogP contribution < -0.4 is 11.1 Å². The normalized spacial score (nSPS) is 10.6. The van der Waals surface area contributed by atoms with Crippen LogP contribution in [0.25, 0.3) is 0 Å². The molecule has 0 saturated carbocycles. The summed E-state index contributed by atoms with van der Waals surface area (Å²) in [6, 6.07) is 5.21. The molecular weight excluding hydrogens is 274 g/mol. The first-order valence-corrected chi connectivity index (χ1v) is 7.12. The number of benzene rings is 1. The van der Waals surface area contributed by atoms with Gasteiger partial charge in [0.15, 0.2) is 0 Å². The molecule has 3 N–H and O–H groups in total. The molecule has 0 bridgehead atoms. The second kappa shape index (κ2) is 6.00. The highest BCUT2D eigenvalue weighted by molar-refractivity contribution is 7.99. The Kier molecular flexibility index (Phi) is 4.34. The van der Waals surface area contributed by atoms with E-state index in [1.165, 1.54) is 11.8 Å². The quantitative estimate of drug-likeness (QED) is 0.847. The summed E-state index contributed by atoms with van der Waals surface area (Å²) in [5.41, 5.74) is 7.93. The van der Waals surface area contributed by atoms with Gasteiger partial charge in [-0.3, -0.25) is 4.79 Å². The van der Waals surface area contributed by atoms with Crippen LogP contribution in [0.4, 0.5) is 5.69 Å². The maximum Gasteiger partial charge on any atom is 0.261 e. The highest BCUT2D eigenvalue weighted by Gasteiger charge is 2.12. The first kappa shape index (κ1) is 14.5. The van der Waals surface area contributed by atoms with Crippen LogP contribution in [0, 0.1) is 13.8 Å². The largest absolute Gasteiger partial charge is 0.436 e. The number of aryl methyl sites for hydroxylation is 2. The molecule has 5 nitrogen and oxygen atoms in total. The molecule has 0 aliphatic rings. The van der Waals surface area contributed by atoms with Gasteiger partial charge in [0.25, 0.3) is 11.1 Å². The Hall–Kier alpha value is -1.95. The second-order valence-corrected chi connectivity index (χ2v) is 5.33. The molecule has 0 radical (unpaired) electrons. The van der Waals surface area contributed by atoms with E-state index in [9.17, 15) is 4.79 Å². The maximum absolute atomic E-state index is 11.7. The van der Waals surface area contributed by atoms with Gasteiger partial charge < -0.3 is 15.5 Å². The lowest BCUT2D eigenvalue weighted by Gasteiger charge is -2.06. The van der Waals surface area contributed by atoms with Gasteiger partial charge in [-0.2, -0.15) is 0 Å². The number of nitrogens with zero attached hydrogens (tertiary/aromatic N) is 1. The van der Waals surface area contributed by atoms with Crippen molar-refractivity contribution in [2.24, 2.45) is 0 Å². The highest BCUT2D eigenvalue weighted by Crippen LogP contribution is 2.32. The summed E-state index contributed by atoms with van der Waals surface area (Å²) in [4.78, 5) is 16.8. The number of amides is 1. The molecule has 1 aromatic heterocycles. The van der Waals surface area contributed by atoms with Crippen LogP contribution in [0.15, 0.2) is 32.7 Å². The minimum Gasteiger partial charge on any atom is -0.436 e. The average molecular weight is 291 g/mol. The number of oxazole rings is 1. The number of nitrogen functional groups attached to an aromatic ring is 1. The fourth-order valence-electron chi connectivity index (χ4n) is 1.63. The van der Waals surface area contributed by atoms with Crippen molar-refractivity contribution in [3.63, 3.8) is 0 Å². The minimum atomic E-state index is -0.126. The van der Waals surface area contributed by atoms with Gasteiger partial charge in [-0.1, -0.05) is 0 Å². The zero-order valence-electron chi connectivity index (χ0n) is 11.7. The van der Waals surface area contributed by atoms with E-state index in [1.54, 1.807) is 18.2 Å². The van der Waals surface area contributed by atoms with E-state index < -0.39 is 0 Å². The molecular formula is C14H17N3O2S. The van der Waals surface area contributed by atoms with Gasteiger partial charge in [0.05, 0.1) is 5.69 Å². The number of hydrogen-bond acceptors (Lipinski definition) is 5. The second-order valence-electron chi connectivity index (χ2n) is 4.34. The molecule has 106 valence electrons. The molecule has 0 spiro atoms. The Morgan fingerprint density at radius 3 is 2.75 bits per heavy atom. The molecule has 2 rings (SSSR count). The molecule has 0 unspecified atom stereocenters. The molecule has 0 aliphatic carbocycles. The van der Waals surface area contributed by atoms with Crippen LogP contribution in [0.5, 0.6) is 0 Å². The van der Waals surface area contributed by atoms with Crippen molar-refractivity contribution in [3.05, 3.63) is 35.2 Å². The third kappa shape index (κ3) is 3.14. The Bertz CT molecular complexity index is 618. The summed E-state index contributed by atoms with van der Waals surface area (Å²) >= 11 is 1.35. The predicted molar refractivity (Wildman–Crippen MR) is 79.0 cm³/mol. The molecule has 0 aliphatic heterocycles. The topological polar surface area (TPSA) is 81.2 Å². The SMILES string of the molecule is CCNC(=O)c1ccc(Sc2nc(C)c(C)o2)c(N)c1. The minimum absolute atomic E-state index is 0.126. The van der Waals surface area contributed by atoms with Crippen molar-refractivity contribution in [1.29, 1.82) is 0 Å². The van der Waals surface area contributed by atoms with Crippen molar-refractivity contribution < 1.29 is 9.21 Å². The summed E-state index contributed by atoms with van der Waals surface area (Å²) in [7, 11) is 0. The van der Waals surface area contributed by atoms with Crippen LogP contribution in [0.2, 0.25) is 0 Å². The summed E-state index contributed by atoms with van der Waals surface area (Å²) in [6.07, 6.45) is 0. The first-order chi connectivity index (χ1) is 9.51. The Labute approximate surface area is 122 Å². The number of rotatable bonds is 4. The molecule has 1 aromatic carbocycles. The van der Waals surface area contributed by atoms with E-state index >= 15 is 0 Å². The lowest BCUT2D eigenvalue weighted by molar-refractivity contribution is 0.0956. The number of nitrogens with one attached hydrogen (secondary N) is 1. The van der Waals surface area contributed by atoms with Gasteiger partial charge in [0.2, 0.25) is 0 Å². The van der Waals surface area contributed by atoms with Crippen LogP contribution in [0.1, 0.15) is 28.7 Å². The van der Waals surface area contributed by atoms with Gasteiger partial charge in [0.1, 0.15) is 5.76 Å². The van der Waals surface area contributed by atoms with Crippen molar-refractivity contribution in [2.75, 3.05) is 12.3 Å². The fraction of sp³-hybridized carbons (Fsp3) is 0.286. The lowest BCUT2D eigenvalue weighted by atomic mass is 10.2. The van der Waals surface area contributed by atoms with Crippen molar-refractivity contribution >= 4 is 23.4 Å². The summed E-state index contributed by atoms with van der Waals surface area (Å²) in [6.45, 7) is 6.22. The molecule has 1 amide bonds. The monoisotopic (exact) mass is 291 g/mol. The Balaban J connectivity index is 2.19. The van der Waals surface area contributed by atoms with Gasteiger partial charge in [-0.25, -0.2) is 4.98 Å². The van der Waals surface area contributed by atoms with E-state index in [0.29, 0.717) is 23.0 Å². The lowest BCUT2D eigenvalue weighted by Crippen LogP contribution is -2.22. The van der Waals surface area contributed by atoms with Gasteiger partial charge >= 0.3 is 0 Å². The predicted octanol–water partition coefficient (Wildman–Crippen LogP) is 2.77. The number of carbonyl (C=O) groups excluding carboxylic acids is 1. The van der Waals surface area contributed by atoms with Crippen molar-refractivity contribution in [3.8, 4) is 0 Å². The Morgan fingerprint density at radius 2 is 2.20 bits per heavy atom. The highest BCUT2D eigenvalue weighted by atomic mass is 32.2. The standard InChI is InChI=1S/C14H17N3O2S/c1-4-16-13(18)10-5-6-12(11(15)7-10)20-14-17-8(2)9(3)19-14/h5-7H,4,15H2,1-3H3,(H,16,18). The molecule has 0 atom stereocenters. The van der Waals surface area contributed by atoms with Crippen LogP contribution >= 0.6 is 11.8 Å². The molecule has 6 heteroatoms. The average Bonchev–Trinajstić information content (AvgIpc) is 2.71. The summed E-state index contributed by atoms with van der Waals surface area (Å²) in [5.74, 6) is 0.670. The number of anilines is 1. The molecule has 0 saturated heterocycles. The fourth-order valence-corrected chi connectivity index (χ4v) is 2.48. The van der Waals surface area contributed by atoms with Gasteiger partial charge in [-0.05, 0) is 50.7 Å². The van der Waals surface area contributed by atoms with E-state index in [-0.39, 0.29) is 5.91 Å². The first-order valence-electron chi connectivity index (χ1n) is 6.31. The van der Waals surface area contributed by atoms with E-state index in [4.69, 9.17) is 10.2 Å². The van der Waals surface area contributed by atoms with Gasteiger partial charge in [-0.15, -0.1) is 0 Å². The third-order valence-corrected chi connectivity index (χ3v) is 3.76. The van der Waals surface area contributed by atoms with Crippen LogP contribution in [0.3, 0.4) is 0 Å². The van der Waals surface area contributed by atoms with E-state index in [0.717, 1.165) is 16.3 Å². The number of nitrogens with two attached hydrogens (primary N) is 1. The number of carbonyl (C=O) groups is 1. The maximum atomic E-state index is 11.7. The molecule has 1 heterocycles. The zero-order valence-corrected chi connectivity index (χ0v) is 12.5. The number of aromatic nitrogens is 1. The van der Waals surface area contributed by atoms with Crippen LogP contribution in [-0.2, 0) is 0 Å². The Morgan fingerprint density at radius 1 is 1.45 bits per heavy atom. The van der Waals surface area contributed by atoms with E-state index in [1.807, 2.05) is 20.8 Å². The van der Waals surface area contributed by atoms with Crippen LogP contribution in [-0.4, -0.2) is 17.4 Å².